The van der Waals surface area contributed by atoms with Gasteiger partial charge in [0, 0.05) is 6.20 Å². The maximum absolute atomic E-state index is 7.21. The van der Waals surface area contributed by atoms with Crippen LogP contribution in [-0.4, -0.2) is 12.1 Å². The molecule has 0 bridgehead atoms. The van der Waals surface area contributed by atoms with Crippen molar-refractivity contribution in [2.24, 2.45) is 0 Å². The molecule has 1 rings (SSSR count). The molecule has 0 amide bonds. The maximum Gasteiger partial charge on any atom is 0.137 e. The quantitative estimate of drug-likeness (QED) is 0.540. The zero-order chi connectivity index (χ0) is 6.69. The first-order valence-electron chi connectivity index (χ1n) is 2.79. The molecule has 0 radical (unpaired) electrons. The van der Waals surface area contributed by atoms with Gasteiger partial charge in [0.1, 0.15) is 5.75 Å². The van der Waals surface area contributed by atoms with E-state index >= 15 is 0 Å². The van der Waals surface area contributed by atoms with E-state index in [1.54, 1.807) is 12.3 Å². The lowest BCUT2D eigenvalue weighted by Crippen LogP contribution is -1.80. The minimum absolute atomic E-state index is 0.368. The van der Waals surface area contributed by atoms with Crippen molar-refractivity contribution in [3.05, 3.63) is 24.5 Å². The van der Waals surface area contributed by atoms with Gasteiger partial charge in [-0.2, -0.15) is 0 Å². The third-order valence-corrected chi connectivity index (χ3v) is 0.798. The summed E-state index contributed by atoms with van der Waals surface area (Å²) in [6.45, 7) is 0. The van der Waals surface area contributed by atoms with Gasteiger partial charge in [-0.25, -0.2) is 0 Å². The van der Waals surface area contributed by atoms with E-state index in [1.165, 1.54) is 13.3 Å². The number of pyridine rings is 1. The zero-order valence-electron chi connectivity index (χ0n) is 5.59. The molecule has 0 unspecified atom stereocenters. The molecule has 0 atom stereocenters. The average molecular weight is 110 g/mol. The van der Waals surface area contributed by atoms with Gasteiger partial charge in [0.2, 0.25) is 0 Å². The Kier molecular flexibility index (Phi) is 1.12. The summed E-state index contributed by atoms with van der Waals surface area (Å²) in [7, 11) is 1.52. The van der Waals surface area contributed by atoms with Crippen molar-refractivity contribution in [2.75, 3.05) is 7.11 Å². The minimum Gasteiger partial charge on any atom is -0.495 e. The van der Waals surface area contributed by atoms with Gasteiger partial charge in [-0.15, -0.1) is 0 Å². The zero-order valence-corrected chi connectivity index (χ0v) is 4.59. The van der Waals surface area contributed by atoms with Crippen LogP contribution in [-0.2, 0) is 0 Å². The Morgan fingerprint density at radius 3 is 3.25 bits per heavy atom. The summed E-state index contributed by atoms with van der Waals surface area (Å²) in [5.41, 5.74) is 0. The minimum atomic E-state index is 0.368. The molecule has 0 spiro atoms. The summed E-state index contributed by atoms with van der Waals surface area (Å²) in [5, 5.41) is 0. The molecule has 0 saturated heterocycles. The summed E-state index contributed by atoms with van der Waals surface area (Å²) < 4.78 is 12.0. The van der Waals surface area contributed by atoms with Crippen LogP contribution < -0.4 is 4.74 Å². The highest BCUT2D eigenvalue weighted by Gasteiger charge is 1.81. The Morgan fingerprint density at radius 2 is 2.75 bits per heavy atom. The normalized spacial score (nSPS) is 10.4. The molecule has 0 aliphatic heterocycles. The first kappa shape index (κ1) is 3.89. The fourth-order valence-electron chi connectivity index (χ4n) is 0.422. The molecule has 0 aliphatic rings. The summed E-state index contributed by atoms with van der Waals surface area (Å²) in [6, 6.07) is 1.95. The van der Waals surface area contributed by atoms with E-state index < -0.39 is 0 Å². The predicted molar refractivity (Wildman–Crippen MR) is 30.8 cm³/mol. The van der Waals surface area contributed by atoms with Gasteiger partial charge in [-0.1, -0.05) is 0 Å². The topological polar surface area (TPSA) is 22.1 Å². The fraction of sp³-hybridized carbons (Fsp3) is 0.167. The van der Waals surface area contributed by atoms with E-state index in [9.17, 15) is 0 Å². The van der Waals surface area contributed by atoms with Gasteiger partial charge >= 0.3 is 0 Å². The molecular weight excluding hydrogens is 102 g/mol. The van der Waals surface area contributed by atoms with Crippen LogP contribution in [0, 0.1) is 0 Å². The van der Waals surface area contributed by atoms with Crippen LogP contribution in [0.2, 0.25) is 0 Å². The third kappa shape index (κ3) is 0.964. The van der Waals surface area contributed by atoms with E-state index in [-0.39, 0.29) is 0 Å². The number of hydrogen-bond donors (Lipinski definition) is 0. The van der Waals surface area contributed by atoms with Gasteiger partial charge < -0.3 is 4.74 Å². The molecule has 1 heterocycles. The van der Waals surface area contributed by atoms with E-state index in [0.29, 0.717) is 11.8 Å². The third-order valence-electron chi connectivity index (χ3n) is 0.798. The molecule has 1 aromatic heterocycles. The molecule has 1 aromatic rings. The number of ether oxygens (including phenoxy) is 1. The molecule has 0 aromatic carbocycles. The van der Waals surface area contributed by atoms with E-state index in [1.807, 2.05) is 0 Å². The molecular formula is C6H7NO. The van der Waals surface area contributed by atoms with Crippen molar-refractivity contribution < 1.29 is 6.11 Å². The highest BCUT2D eigenvalue weighted by atomic mass is 16.5. The smallest absolute Gasteiger partial charge is 0.137 e. The average Bonchev–Trinajstić information content (AvgIpc) is 1.89. The van der Waals surface area contributed by atoms with Crippen LogP contribution in [0.1, 0.15) is 1.37 Å². The number of methoxy groups -OCH3 is 1. The lowest BCUT2D eigenvalue weighted by molar-refractivity contribution is 0.413. The van der Waals surface area contributed by atoms with Gasteiger partial charge in [-0.05, 0) is 12.1 Å². The van der Waals surface area contributed by atoms with Crippen LogP contribution in [0.15, 0.2) is 24.5 Å². The largest absolute Gasteiger partial charge is 0.495 e. The van der Waals surface area contributed by atoms with Gasteiger partial charge in [0.15, 0.2) is 0 Å². The molecule has 42 valence electrons. The van der Waals surface area contributed by atoms with Crippen LogP contribution in [0.25, 0.3) is 0 Å². The van der Waals surface area contributed by atoms with Crippen molar-refractivity contribution in [3.63, 3.8) is 0 Å². The Bertz CT molecular complexity index is 202. The van der Waals surface area contributed by atoms with Crippen molar-refractivity contribution in [2.45, 2.75) is 0 Å². The van der Waals surface area contributed by atoms with E-state index in [2.05, 4.69) is 4.98 Å². The Hall–Kier alpha value is -1.05. The first-order valence-corrected chi connectivity index (χ1v) is 2.29. The molecule has 2 nitrogen and oxygen atoms in total. The SMILES string of the molecule is [2H]c1ccncc1OC. The molecule has 8 heavy (non-hydrogen) atoms. The second kappa shape index (κ2) is 2.31. The molecule has 0 fully saturated rings. The summed E-state index contributed by atoms with van der Waals surface area (Å²) in [4.78, 5) is 3.77. The number of rotatable bonds is 1. The Morgan fingerprint density at radius 1 is 1.88 bits per heavy atom. The standard InChI is InChI=1S/C6H7NO/c1-8-6-3-2-4-7-5-6/h2-5H,1H3/i3D. The van der Waals surface area contributed by atoms with Crippen molar-refractivity contribution in [3.8, 4) is 5.75 Å². The fourth-order valence-corrected chi connectivity index (χ4v) is 0.422. The second-order valence-electron chi connectivity index (χ2n) is 1.31. The second-order valence-corrected chi connectivity index (χ2v) is 1.31. The van der Waals surface area contributed by atoms with Crippen LogP contribution in [0.5, 0.6) is 5.75 Å². The highest BCUT2D eigenvalue weighted by Crippen LogP contribution is 2.02. The Labute approximate surface area is 49.5 Å². The van der Waals surface area contributed by atoms with Gasteiger partial charge in [0.25, 0.3) is 0 Å². The summed E-state index contributed by atoms with van der Waals surface area (Å²) in [5.74, 6) is 0.512. The van der Waals surface area contributed by atoms with Gasteiger partial charge in [0.05, 0.1) is 14.7 Å². The molecule has 0 aliphatic carbocycles. The molecule has 0 saturated carbocycles. The highest BCUT2D eigenvalue weighted by molar-refractivity contribution is 5.14. The summed E-state index contributed by atoms with van der Waals surface area (Å²) in [6.07, 6.45) is 3.08. The van der Waals surface area contributed by atoms with Crippen LogP contribution in [0.3, 0.4) is 0 Å². The van der Waals surface area contributed by atoms with Crippen molar-refractivity contribution in [1.82, 2.24) is 4.98 Å². The summed E-state index contributed by atoms with van der Waals surface area (Å²) >= 11 is 0. The maximum atomic E-state index is 7.21. The number of nitrogens with zero attached hydrogens (tertiary/aromatic N) is 1. The number of aromatic nitrogens is 1. The van der Waals surface area contributed by atoms with Crippen LogP contribution in [0.4, 0.5) is 0 Å². The molecule has 0 N–H and O–H groups in total. The first-order chi connectivity index (χ1) is 4.34. The van der Waals surface area contributed by atoms with E-state index in [4.69, 9.17) is 6.11 Å². The number of hydrogen-bond acceptors (Lipinski definition) is 2. The lowest BCUT2D eigenvalue weighted by Gasteiger charge is -1.93. The van der Waals surface area contributed by atoms with Crippen molar-refractivity contribution in [1.29, 1.82) is 0 Å². The Balaban J connectivity index is 3.01. The monoisotopic (exact) mass is 110 g/mol. The van der Waals surface area contributed by atoms with Gasteiger partial charge in [-0.3, -0.25) is 4.98 Å². The van der Waals surface area contributed by atoms with Crippen LogP contribution >= 0.6 is 0 Å². The predicted octanol–water partition coefficient (Wildman–Crippen LogP) is 1.09. The van der Waals surface area contributed by atoms with Crippen molar-refractivity contribution >= 4 is 0 Å². The lowest BCUT2D eigenvalue weighted by atomic mass is 10.5. The van der Waals surface area contributed by atoms with E-state index in [0.717, 1.165) is 0 Å². The molecule has 2 heteroatoms.